The van der Waals surface area contributed by atoms with Crippen LogP contribution in [0.25, 0.3) is 6.08 Å². The molecule has 4 heteroatoms. The van der Waals surface area contributed by atoms with E-state index in [1.54, 1.807) is 6.08 Å². The first-order valence-electron chi connectivity index (χ1n) is 6.04. The van der Waals surface area contributed by atoms with Crippen LogP contribution in [0.3, 0.4) is 0 Å². The number of hydrogen-bond donors (Lipinski definition) is 1. The molecule has 96 valence electrons. The number of nitrogens with zero attached hydrogens (tertiary/aromatic N) is 1. The van der Waals surface area contributed by atoms with Gasteiger partial charge in [0.05, 0.1) is 13.2 Å². The Kier molecular flexibility index (Phi) is 4.50. The second-order valence-electron chi connectivity index (χ2n) is 4.30. The van der Waals surface area contributed by atoms with Gasteiger partial charge in [0.15, 0.2) is 0 Å². The van der Waals surface area contributed by atoms with Gasteiger partial charge in [-0.15, -0.1) is 0 Å². The van der Waals surface area contributed by atoms with Gasteiger partial charge in [0.2, 0.25) is 0 Å². The number of benzene rings is 1. The van der Waals surface area contributed by atoms with Crippen LogP contribution in [0, 0.1) is 0 Å². The lowest BCUT2D eigenvalue weighted by Gasteiger charge is -2.26. The van der Waals surface area contributed by atoms with Crippen LogP contribution in [0.5, 0.6) is 0 Å². The number of morpholine rings is 1. The zero-order valence-corrected chi connectivity index (χ0v) is 10.2. The summed E-state index contributed by atoms with van der Waals surface area (Å²) in [5, 5.41) is 8.54. The topological polar surface area (TPSA) is 49.8 Å². The summed E-state index contributed by atoms with van der Waals surface area (Å²) in [5.74, 6) is -0.924. The van der Waals surface area contributed by atoms with E-state index in [0.717, 1.165) is 44.5 Å². The lowest BCUT2D eigenvalue weighted by Crippen LogP contribution is -2.35. The van der Waals surface area contributed by atoms with Gasteiger partial charge in [0.1, 0.15) is 0 Å². The summed E-state index contributed by atoms with van der Waals surface area (Å²) in [5.41, 5.74) is 2.15. The SMILES string of the molecule is O=C(O)/C=C/c1ccc(CN2CCOCC2)cc1. The number of carbonyl (C=O) groups is 1. The summed E-state index contributed by atoms with van der Waals surface area (Å²) in [6, 6.07) is 7.96. The molecule has 1 N–H and O–H groups in total. The normalized spacial score (nSPS) is 17.1. The minimum atomic E-state index is -0.924. The van der Waals surface area contributed by atoms with Crippen LogP contribution in [0.2, 0.25) is 0 Å². The zero-order chi connectivity index (χ0) is 12.8. The lowest BCUT2D eigenvalue weighted by atomic mass is 10.1. The first-order valence-corrected chi connectivity index (χ1v) is 6.04. The molecule has 2 rings (SSSR count). The van der Waals surface area contributed by atoms with Crippen molar-refractivity contribution >= 4 is 12.0 Å². The van der Waals surface area contributed by atoms with Crippen LogP contribution in [0.4, 0.5) is 0 Å². The standard InChI is InChI=1S/C14H17NO3/c16-14(17)6-5-12-1-3-13(4-2-12)11-15-7-9-18-10-8-15/h1-6H,7-11H2,(H,16,17)/b6-5+. The van der Waals surface area contributed by atoms with E-state index in [-0.39, 0.29) is 0 Å². The van der Waals surface area contributed by atoms with Crippen LogP contribution in [0.15, 0.2) is 30.3 Å². The van der Waals surface area contributed by atoms with Crippen molar-refractivity contribution in [3.8, 4) is 0 Å². The number of aliphatic carboxylic acids is 1. The molecule has 1 heterocycles. The Hall–Kier alpha value is -1.65. The number of ether oxygens (including phenoxy) is 1. The van der Waals surface area contributed by atoms with Gasteiger partial charge >= 0.3 is 5.97 Å². The number of rotatable bonds is 4. The van der Waals surface area contributed by atoms with Crippen molar-refractivity contribution in [3.63, 3.8) is 0 Å². The van der Waals surface area contributed by atoms with Crippen molar-refractivity contribution in [2.75, 3.05) is 26.3 Å². The van der Waals surface area contributed by atoms with Gasteiger partial charge in [-0.05, 0) is 17.2 Å². The average molecular weight is 247 g/mol. The molecule has 1 saturated heterocycles. The van der Waals surface area contributed by atoms with Crippen molar-refractivity contribution in [1.82, 2.24) is 4.90 Å². The van der Waals surface area contributed by atoms with E-state index in [0.29, 0.717) is 0 Å². The van der Waals surface area contributed by atoms with Crippen LogP contribution in [0.1, 0.15) is 11.1 Å². The summed E-state index contributed by atoms with van der Waals surface area (Å²) in [7, 11) is 0. The second kappa shape index (κ2) is 6.33. The molecule has 4 nitrogen and oxygen atoms in total. The third-order valence-electron chi connectivity index (χ3n) is 2.91. The van der Waals surface area contributed by atoms with Gasteiger partial charge in [-0.3, -0.25) is 4.90 Å². The van der Waals surface area contributed by atoms with Crippen molar-refractivity contribution < 1.29 is 14.6 Å². The number of carboxylic acid groups (broad SMARTS) is 1. The van der Waals surface area contributed by atoms with E-state index in [2.05, 4.69) is 4.90 Å². The van der Waals surface area contributed by atoms with Gasteiger partial charge < -0.3 is 9.84 Å². The van der Waals surface area contributed by atoms with Crippen molar-refractivity contribution in [3.05, 3.63) is 41.5 Å². The summed E-state index contributed by atoms with van der Waals surface area (Å²) >= 11 is 0. The van der Waals surface area contributed by atoms with E-state index in [1.165, 1.54) is 5.56 Å². The van der Waals surface area contributed by atoms with E-state index in [9.17, 15) is 4.79 Å². The van der Waals surface area contributed by atoms with Crippen LogP contribution < -0.4 is 0 Å². The fourth-order valence-corrected chi connectivity index (χ4v) is 1.92. The summed E-state index contributed by atoms with van der Waals surface area (Å²) in [4.78, 5) is 12.7. The van der Waals surface area contributed by atoms with E-state index >= 15 is 0 Å². The zero-order valence-electron chi connectivity index (χ0n) is 10.2. The molecule has 0 radical (unpaired) electrons. The molecule has 0 spiro atoms. The van der Waals surface area contributed by atoms with Crippen molar-refractivity contribution in [2.45, 2.75) is 6.54 Å². The largest absolute Gasteiger partial charge is 0.478 e. The van der Waals surface area contributed by atoms with Gasteiger partial charge in [0.25, 0.3) is 0 Å². The molecule has 18 heavy (non-hydrogen) atoms. The quantitative estimate of drug-likeness (QED) is 0.821. The molecule has 0 atom stereocenters. The Morgan fingerprint density at radius 2 is 1.94 bits per heavy atom. The summed E-state index contributed by atoms with van der Waals surface area (Å²) in [6.07, 6.45) is 2.75. The summed E-state index contributed by atoms with van der Waals surface area (Å²) in [6.45, 7) is 4.48. The first-order chi connectivity index (χ1) is 8.74. The average Bonchev–Trinajstić information content (AvgIpc) is 2.39. The second-order valence-corrected chi connectivity index (χ2v) is 4.30. The van der Waals surface area contributed by atoms with Gasteiger partial charge in [-0.1, -0.05) is 24.3 Å². The Bertz CT molecular complexity index is 419. The van der Waals surface area contributed by atoms with Crippen molar-refractivity contribution in [1.29, 1.82) is 0 Å². The molecule has 1 aromatic carbocycles. The van der Waals surface area contributed by atoms with Crippen LogP contribution >= 0.6 is 0 Å². The van der Waals surface area contributed by atoms with E-state index in [1.807, 2.05) is 24.3 Å². The predicted octanol–water partition coefficient (Wildman–Crippen LogP) is 1.62. The van der Waals surface area contributed by atoms with Gasteiger partial charge in [-0.25, -0.2) is 4.79 Å². The maximum absolute atomic E-state index is 10.4. The Morgan fingerprint density at radius 1 is 1.28 bits per heavy atom. The molecule has 0 amide bonds. The summed E-state index contributed by atoms with van der Waals surface area (Å²) < 4.78 is 5.30. The van der Waals surface area contributed by atoms with E-state index < -0.39 is 5.97 Å². The third kappa shape index (κ3) is 3.98. The highest BCUT2D eigenvalue weighted by Gasteiger charge is 2.10. The first kappa shape index (κ1) is 12.8. The minimum Gasteiger partial charge on any atom is -0.478 e. The molecule has 0 aliphatic carbocycles. The molecule has 0 bridgehead atoms. The molecule has 1 aromatic rings. The molecule has 0 unspecified atom stereocenters. The number of carboxylic acids is 1. The molecule has 1 aliphatic rings. The fourth-order valence-electron chi connectivity index (χ4n) is 1.92. The molecular formula is C14H17NO3. The van der Waals surface area contributed by atoms with Crippen LogP contribution in [-0.2, 0) is 16.1 Å². The maximum atomic E-state index is 10.4. The molecule has 0 aromatic heterocycles. The number of hydrogen-bond acceptors (Lipinski definition) is 3. The lowest BCUT2D eigenvalue weighted by molar-refractivity contribution is -0.131. The molecule has 1 aliphatic heterocycles. The van der Waals surface area contributed by atoms with Gasteiger partial charge in [0, 0.05) is 25.7 Å². The maximum Gasteiger partial charge on any atom is 0.328 e. The van der Waals surface area contributed by atoms with E-state index in [4.69, 9.17) is 9.84 Å². The molecule has 0 saturated carbocycles. The Morgan fingerprint density at radius 3 is 2.56 bits per heavy atom. The Balaban J connectivity index is 1.92. The van der Waals surface area contributed by atoms with Crippen molar-refractivity contribution in [2.24, 2.45) is 0 Å². The predicted molar refractivity (Wildman–Crippen MR) is 69.2 cm³/mol. The smallest absolute Gasteiger partial charge is 0.328 e. The monoisotopic (exact) mass is 247 g/mol. The highest BCUT2D eigenvalue weighted by Crippen LogP contribution is 2.10. The molecular weight excluding hydrogens is 230 g/mol. The molecule has 1 fully saturated rings. The fraction of sp³-hybridized carbons (Fsp3) is 0.357. The van der Waals surface area contributed by atoms with Crippen LogP contribution in [-0.4, -0.2) is 42.3 Å². The Labute approximate surface area is 106 Å². The highest BCUT2D eigenvalue weighted by atomic mass is 16.5. The highest BCUT2D eigenvalue weighted by molar-refractivity contribution is 5.85. The third-order valence-corrected chi connectivity index (χ3v) is 2.91. The van der Waals surface area contributed by atoms with Gasteiger partial charge in [-0.2, -0.15) is 0 Å². The minimum absolute atomic E-state index is 0.805.